The Hall–Kier alpha value is -0.0500. The van der Waals surface area contributed by atoms with Gasteiger partial charge in [-0.3, -0.25) is 4.79 Å². The first-order valence-electron chi connectivity index (χ1n) is 8.64. The largest absolute Gasteiger partial charge is 0.356 e. The fourth-order valence-corrected chi connectivity index (χ4v) is 2.71. The van der Waals surface area contributed by atoms with Crippen LogP contribution in [0.15, 0.2) is 0 Å². The number of halogens is 1. The molecule has 3 heteroatoms. The number of amides is 1. The van der Waals surface area contributed by atoms with Gasteiger partial charge in [-0.1, -0.05) is 80.6 Å². The highest BCUT2D eigenvalue weighted by atomic mass is 79.9. The summed E-state index contributed by atoms with van der Waals surface area (Å²) in [7, 11) is 0. The molecular weight excluding hydrogens is 314 g/mol. The zero-order chi connectivity index (χ0) is 14.9. The first-order valence-corrected chi connectivity index (χ1v) is 9.76. The predicted molar refractivity (Wildman–Crippen MR) is 92.5 cm³/mol. The molecule has 20 heavy (non-hydrogen) atoms. The molecular formula is C17H34BrNO. The van der Waals surface area contributed by atoms with Crippen molar-refractivity contribution in [3.05, 3.63) is 0 Å². The zero-order valence-corrected chi connectivity index (χ0v) is 15.0. The number of hydrogen-bond acceptors (Lipinski definition) is 1. The van der Waals surface area contributed by atoms with Gasteiger partial charge in [0.15, 0.2) is 0 Å². The standard InChI is InChI=1S/C17H34BrNO/c1-2-3-4-5-8-11-14-17(20)19-16-13-10-7-6-9-12-15-18/h2-16H2,1H3,(H,19,20). The number of unbranched alkanes of at least 4 members (excludes halogenated alkanes) is 10. The number of carbonyl (C=O) groups excluding carboxylic acids is 1. The fourth-order valence-electron chi connectivity index (χ4n) is 2.31. The summed E-state index contributed by atoms with van der Waals surface area (Å²) < 4.78 is 0. The summed E-state index contributed by atoms with van der Waals surface area (Å²) in [5, 5.41) is 4.17. The molecule has 0 atom stereocenters. The molecule has 0 aliphatic carbocycles. The average Bonchev–Trinajstić information content (AvgIpc) is 2.45. The quantitative estimate of drug-likeness (QED) is 0.303. The number of alkyl halides is 1. The van der Waals surface area contributed by atoms with Gasteiger partial charge in [-0.05, 0) is 19.3 Å². The Labute approximate surface area is 134 Å². The van der Waals surface area contributed by atoms with Crippen molar-refractivity contribution in [2.45, 2.75) is 90.4 Å². The molecule has 0 bridgehead atoms. The van der Waals surface area contributed by atoms with E-state index < -0.39 is 0 Å². The van der Waals surface area contributed by atoms with Gasteiger partial charge < -0.3 is 5.32 Å². The first kappa shape index (κ1) is 19.9. The molecule has 1 amide bonds. The summed E-state index contributed by atoms with van der Waals surface area (Å²) in [6.45, 7) is 3.10. The van der Waals surface area contributed by atoms with Crippen molar-refractivity contribution in [3.8, 4) is 0 Å². The first-order chi connectivity index (χ1) is 9.81. The average molecular weight is 348 g/mol. The molecule has 0 spiro atoms. The van der Waals surface area contributed by atoms with E-state index >= 15 is 0 Å². The third-order valence-corrected chi connectivity index (χ3v) is 4.20. The Kier molecular flexibility index (Phi) is 17.0. The molecule has 0 saturated heterocycles. The van der Waals surface area contributed by atoms with E-state index in [2.05, 4.69) is 28.2 Å². The van der Waals surface area contributed by atoms with Crippen LogP contribution in [0.1, 0.15) is 90.4 Å². The number of nitrogens with one attached hydrogen (secondary N) is 1. The third kappa shape index (κ3) is 16.0. The number of hydrogen-bond donors (Lipinski definition) is 1. The van der Waals surface area contributed by atoms with Crippen LogP contribution in [0.4, 0.5) is 0 Å². The number of carbonyl (C=O) groups is 1. The van der Waals surface area contributed by atoms with Gasteiger partial charge in [-0.25, -0.2) is 0 Å². The van der Waals surface area contributed by atoms with Crippen molar-refractivity contribution < 1.29 is 4.79 Å². The van der Waals surface area contributed by atoms with Crippen LogP contribution in [0.25, 0.3) is 0 Å². The summed E-state index contributed by atoms with van der Waals surface area (Å²) in [6, 6.07) is 0. The van der Waals surface area contributed by atoms with Crippen LogP contribution in [0.2, 0.25) is 0 Å². The fraction of sp³-hybridized carbons (Fsp3) is 0.941. The zero-order valence-electron chi connectivity index (χ0n) is 13.4. The van der Waals surface area contributed by atoms with E-state index in [1.165, 1.54) is 64.2 Å². The van der Waals surface area contributed by atoms with E-state index in [0.717, 1.165) is 31.1 Å². The van der Waals surface area contributed by atoms with E-state index in [0.29, 0.717) is 0 Å². The van der Waals surface area contributed by atoms with Crippen LogP contribution < -0.4 is 5.32 Å². The van der Waals surface area contributed by atoms with Gasteiger partial charge in [0.1, 0.15) is 0 Å². The van der Waals surface area contributed by atoms with Gasteiger partial charge in [-0.2, -0.15) is 0 Å². The van der Waals surface area contributed by atoms with Gasteiger partial charge in [0.2, 0.25) is 5.91 Å². The third-order valence-electron chi connectivity index (χ3n) is 3.64. The molecule has 120 valence electrons. The molecule has 0 unspecified atom stereocenters. The summed E-state index contributed by atoms with van der Waals surface area (Å²) in [4.78, 5) is 11.6. The van der Waals surface area contributed by atoms with Crippen LogP contribution in [-0.2, 0) is 4.79 Å². The Morgan fingerprint density at radius 3 is 2.00 bits per heavy atom. The van der Waals surface area contributed by atoms with Crippen molar-refractivity contribution in [2.75, 3.05) is 11.9 Å². The molecule has 0 rings (SSSR count). The summed E-state index contributed by atoms with van der Waals surface area (Å²) >= 11 is 3.45. The molecule has 1 N–H and O–H groups in total. The van der Waals surface area contributed by atoms with Crippen molar-refractivity contribution in [1.82, 2.24) is 5.32 Å². The van der Waals surface area contributed by atoms with E-state index in [4.69, 9.17) is 0 Å². The second-order valence-electron chi connectivity index (χ2n) is 5.68. The van der Waals surface area contributed by atoms with Crippen LogP contribution in [0.3, 0.4) is 0 Å². The van der Waals surface area contributed by atoms with Gasteiger partial charge in [0, 0.05) is 18.3 Å². The Morgan fingerprint density at radius 2 is 1.35 bits per heavy atom. The maximum atomic E-state index is 11.6. The SMILES string of the molecule is CCCCCCCCC(=O)NCCCCCCCCBr. The summed E-state index contributed by atoms with van der Waals surface area (Å²) in [6.07, 6.45) is 15.9. The van der Waals surface area contributed by atoms with Gasteiger partial charge in [0.25, 0.3) is 0 Å². The smallest absolute Gasteiger partial charge is 0.219 e. The van der Waals surface area contributed by atoms with Crippen LogP contribution in [0, 0.1) is 0 Å². The Bertz CT molecular complexity index is 209. The van der Waals surface area contributed by atoms with E-state index in [9.17, 15) is 4.79 Å². The lowest BCUT2D eigenvalue weighted by Gasteiger charge is -2.05. The Morgan fingerprint density at radius 1 is 0.800 bits per heavy atom. The maximum absolute atomic E-state index is 11.6. The molecule has 0 aliphatic rings. The molecule has 0 aromatic heterocycles. The highest BCUT2D eigenvalue weighted by molar-refractivity contribution is 9.09. The topological polar surface area (TPSA) is 29.1 Å². The second kappa shape index (κ2) is 17.0. The van der Waals surface area contributed by atoms with Crippen LogP contribution in [0.5, 0.6) is 0 Å². The van der Waals surface area contributed by atoms with Gasteiger partial charge in [-0.15, -0.1) is 0 Å². The normalized spacial score (nSPS) is 10.7. The van der Waals surface area contributed by atoms with Crippen molar-refractivity contribution in [2.24, 2.45) is 0 Å². The highest BCUT2D eigenvalue weighted by Gasteiger charge is 2.00. The van der Waals surface area contributed by atoms with Crippen LogP contribution >= 0.6 is 15.9 Å². The lowest BCUT2D eigenvalue weighted by atomic mass is 10.1. The molecule has 0 heterocycles. The van der Waals surface area contributed by atoms with Gasteiger partial charge >= 0.3 is 0 Å². The lowest BCUT2D eigenvalue weighted by Crippen LogP contribution is -2.23. The van der Waals surface area contributed by atoms with E-state index in [-0.39, 0.29) is 5.91 Å². The van der Waals surface area contributed by atoms with Crippen molar-refractivity contribution in [1.29, 1.82) is 0 Å². The molecule has 0 radical (unpaired) electrons. The second-order valence-corrected chi connectivity index (χ2v) is 6.47. The predicted octanol–water partition coefficient (Wildman–Crippen LogP) is 5.59. The molecule has 0 fully saturated rings. The minimum Gasteiger partial charge on any atom is -0.356 e. The molecule has 0 saturated carbocycles. The van der Waals surface area contributed by atoms with E-state index in [1.54, 1.807) is 0 Å². The van der Waals surface area contributed by atoms with Crippen molar-refractivity contribution in [3.63, 3.8) is 0 Å². The molecule has 0 aliphatic heterocycles. The minimum atomic E-state index is 0.250. The minimum absolute atomic E-state index is 0.250. The summed E-state index contributed by atoms with van der Waals surface area (Å²) in [5.41, 5.74) is 0. The maximum Gasteiger partial charge on any atom is 0.219 e. The van der Waals surface area contributed by atoms with Crippen LogP contribution in [-0.4, -0.2) is 17.8 Å². The summed E-state index contributed by atoms with van der Waals surface area (Å²) in [5.74, 6) is 0.250. The molecule has 0 aromatic carbocycles. The molecule has 0 aromatic rings. The van der Waals surface area contributed by atoms with Crippen molar-refractivity contribution >= 4 is 21.8 Å². The number of rotatable bonds is 15. The van der Waals surface area contributed by atoms with Gasteiger partial charge in [0.05, 0.1) is 0 Å². The highest BCUT2D eigenvalue weighted by Crippen LogP contribution is 2.07. The molecule has 2 nitrogen and oxygen atoms in total. The monoisotopic (exact) mass is 347 g/mol. The lowest BCUT2D eigenvalue weighted by molar-refractivity contribution is -0.121. The van der Waals surface area contributed by atoms with E-state index in [1.807, 2.05) is 0 Å². The Balaban J connectivity index is 3.12.